The number of nitro benzene ring substituents is 1. The van der Waals surface area contributed by atoms with E-state index in [1.165, 1.54) is 12.1 Å². The Labute approximate surface area is 88.3 Å². The molecule has 0 saturated carbocycles. The summed E-state index contributed by atoms with van der Waals surface area (Å²) in [4.78, 5) is 9.97. The Bertz CT molecular complexity index is 343. The summed E-state index contributed by atoms with van der Waals surface area (Å²) in [5, 5.41) is 11.3. The SMILES string of the molecule is NCC[As]c1ccc([N+](=O)[O-])cc1N. The molecule has 6 heteroatoms. The van der Waals surface area contributed by atoms with Crippen LogP contribution in [0.2, 0.25) is 5.21 Å². The van der Waals surface area contributed by atoms with E-state index in [1.807, 2.05) is 0 Å². The Hall–Kier alpha value is -1.06. The molecule has 1 rings (SSSR count). The van der Waals surface area contributed by atoms with Crippen LogP contribution in [0.1, 0.15) is 0 Å². The average Bonchev–Trinajstić information content (AvgIpc) is 2.15. The van der Waals surface area contributed by atoms with Crippen molar-refractivity contribution >= 4 is 31.5 Å². The monoisotopic (exact) mass is 256 g/mol. The average molecular weight is 256 g/mol. The number of non-ortho nitro benzene ring substituents is 1. The van der Waals surface area contributed by atoms with E-state index in [2.05, 4.69) is 0 Å². The van der Waals surface area contributed by atoms with Crippen LogP contribution in [-0.2, 0) is 0 Å². The van der Waals surface area contributed by atoms with Gasteiger partial charge in [0.1, 0.15) is 0 Å². The van der Waals surface area contributed by atoms with Crippen LogP contribution >= 0.6 is 0 Å². The molecular formula is C8H11AsN3O2. The quantitative estimate of drug-likeness (QED) is 0.340. The topological polar surface area (TPSA) is 95.2 Å². The molecule has 0 amide bonds. The van der Waals surface area contributed by atoms with Crippen LogP contribution in [0.5, 0.6) is 0 Å². The maximum atomic E-state index is 10.4. The molecule has 14 heavy (non-hydrogen) atoms. The van der Waals surface area contributed by atoms with Gasteiger partial charge in [-0.05, 0) is 0 Å². The van der Waals surface area contributed by atoms with Gasteiger partial charge in [-0.2, -0.15) is 0 Å². The van der Waals surface area contributed by atoms with E-state index in [9.17, 15) is 10.1 Å². The second-order valence-electron chi connectivity index (χ2n) is 2.67. The summed E-state index contributed by atoms with van der Waals surface area (Å²) in [5.74, 6) is 0. The van der Waals surface area contributed by atoms with Crippen LogP contribution in [0.25, 0.3) is 0 Å². The van der Waals surface area contributed by atoms with Gasteiger partial charge in [0.25, 0.3) is 0 Å². The van der Waals surface area contributed by atoms with Gasteiger partial charge in [0.2, 0.25) is 0 Å². The number of hydrogen-bond acceptors (Lipinski definition) is 4. The fraction of sp³-hybridized carbons (Fsp3) is 0.250. The molecule has 0 fully saturated rings. The predicted octanol–water partition coefficient (Wildman–Crippen LogP) is -0.116. The second kappa shape index (κ2) is 4.98. The Morgan fingerprint density at radius 2 is 2.21 bits per heavy atom. The number of hydrogen-bond donors (Lipinski definition) is 2. The molecule has 0 unspecified atom stereocenters. The number of benzene rings is 1. The van der Waals surface area contributed by atoms with Gasteiger partial charge in [-0.1, -0.05) is 0 Å². The molecule has 0 aliphatic carbocycles. The Balaban J connectivity index is 2.84. The molecule has 0 aromatic heterocycles. The van der Waals surface area contributed by atoms with Gasteiger partial charge in [-0.25, -0.2) is 0 Å². The number of anilines is 1. The maximum absolute atomic E-state index is 10.4. The van der Waals surface area contributed by atoms with Crippen molar-refractivity contribution in [1.29, 1.82) is 0 Å². The molecule has 0 bridgehead atoms. The van der Waals surface area contributed by atoms with Gasteiger partial charge in [0.15, 0.2) is 0 Å². The van der Waals surface area contributed by atoms with E-state index in [4.69, 9.17) is 11.5 Å². The number of nitrogens with zero attached hydrogens (tertiary/aromatic N) is 1. The van der Waals surface area contributed by atoms with Crippen molar-refractivity contribution in [2.24, 2.45) is 5.73 Å². The number of nitrogen functional groups attached to an aromatic ring is 1. The fourth-order valence-corrected chi connectivity index (χ4v) is 2.66. The summed E-state index contributed by atoms with van der Waals surface area (Å²) in [5.41, 5.74) is 11.6. The first-order valence-electron chi connectivity index (χ1n) is 4.06. The molecule has 0 spiro atoms. The van der Waals surface area contributed by atoms with Crippen LogP contribution in [-0.4, -0.2) is 27.2 Å². The third kappa shape index (κ3) is 2.72. The molecule has 1 radical (unpaired) electrons. The molecule has 0 heterocycles. The van der Waals surface area contributed by atoms with Crippen molar-refractivity contribution in [2.45, 2.75) is 5.21 Å². The molecular weight excluding hydrogens is 245 g/mol. The van der Waals surface area contributed by atoms with Crippen molar-refractivity contribution < 1.29 is 4.92 Å². The van der Waals surface area contributed by atoms with Crippen LogP contribution in [0.3, 0.4) is 0 Å². The van der Waals surface area contributed by atoms with Crippen LogP contribution in [0.4, 0.5) is 11.4 Å². The van der Waals surface area contributed by atoms with Crippen LogP contribution in [0.15, 0.2) is 18.2 Å². The predicted molar refractivity (Wildman–Crippen MR) is 56.8 cm³/mol. The first-order valence-corrected chi connectivity index (χ1v) is 6.33. The third-order valence-corrected chi connectivity index (χ3v) is 4.21. The number of rotatable bonds is 4. The first kappa shape index (κ1) is 11.0. The van der Waals surface area contributed by atoms with Crippen molar-refractivity contribution in [3.63, 3.8) is 0 Å². The van der Waals surface area contributed by atoms with E-state index in [1.54, 1.807) is 6.07 Å². The molecule has 0 atom stereocenters. The molecule has 75 valence electrons. The standard InChI is InChI=1S/C8H11AsN3O2/c10-4-3-9-7-2-1-6(12(13)14)5-8(7)11/h1-2,5H,3-4,10-11H2. The Kier molecular flexibility index (Phi) is 3.92. The Morgan fingerprint density at radius 1 is 1.50 bits per heavy atom. The summed E-state index contributed by atoms with van der Waals surface area (Å²) in [6.07, 6.45) is 0. The van der Waals surface area contributed by atoms with Gasteiger partial charge < -0.3 is 0 Å². The molecule has 0 saturated heterocycles. The van der Waals surface area contributed by atoms with Crippen molar-refractivity contribution in [1.82, 2.24) is 0 Å². The van der Waals surface area contributed by atoms with E-state index in [-0.39, 0.29) is 21.4 Å². The van der Waals surface area contributed by atoms with Gasteiger partial charge in [-0.15, -0.1) is 0 Å². The van der Waals surface area contributed by atoms with Gasteiger partial charge in [0.05, 0.1) is 0 Å². The van der Waals surface area contributed by atoms with Crippen molar-refractivity contribution in [3.8, 4) is 0 Å². The van der Waals surface area contributed by atoms with E-state index >= 15 is 0 Å². The second-order valence-corrected chi connectivity index (χ2v) is 5.28. The zero-order valence-electron chi connectivity index (χ0n) is 7.51. The minimum atomic E-state index is -0.445. The van der Waals surface area contributed by atoms with Crippen molar-refractivity contribution in [2.75, 3.05) is 12.3 Å². The third-order valence-electron chi connectivity index (χ3n) is 1.63. The molecule has 0 aliphatic heterocycles. The fourth-order valence-electron chi connectivity index (χ4n) is 0.984. The van der Waals surface area contributed by atoms with Crippen LogP contribution < -0.4 is 15.8 Å². The van der Waals surface area contributed by atoms with E-state index in [0.29, 0.717) is 12.2 Å². The molecule has 0 aliphatic rings. The minimum absolute atomic E-state index is 0.0419. The van der Waals surface area contributed by atoms with E-state index < -0.39 is 4.92 Å². The normalized spacial score (nSPS) is 10.9. The van der Waals surface area contributed by atoms with Gasteiger partial charge >= 0.3 is 87.9 Å². The summed E-state index contributed by atoms with van der Waals surface area (Å²) in [7, 11) is 0. The molecule has 5 nitrogen and oxygen atoms in total. The zero-order valence-corrected chi connectivity index (χ0v) is 9.39. The van der Waals surface area contributed by atoms with Gasteiger partial charge in [-0.3, -0.25) is 0 Å². The zero-order chi connectivity index (χ0) is 10.6. The molecule has 4 N–H and O–H groups in total. The van der Waals surface area contributed by atoms with Gasteiger partial charge in [0, 0.05) is 0 Å². The molecule has 1 aromatic rings. The summed E-state index contributed by atoms with van der Waals surface area (Å²) < 4.78 is 1.01. The Morgan fingerprint density at radius 3 is 2.71 bits per heavy atom. The molecule has 1 aromatic carbocycles. The van der Waals surface area contributed by atoms with E-state index in [0.717, 1.165) is 9.56 Å². The number of nitrogens with two attached hydrogens (primary N) is 2. The first-order chi connectivity index (χ1) is 6.65. The summed E-state index contributed by atoms with van der Waals surface area (Å²) in [6.45, 7) is 0.635. The summed E-state index contributed by atoms with van der Waals surface area (Å²) in [6, 6.07) is 4.61. The number of nitro groups is 1. The summed E-state index contributed by atoms with van der Waals surface area (Å²) >= 11 is -0.0578. The van der Waals surface area contributed by atoms with Crippen LogP contribution in [0, 0.1) is 10.1 Å². The van der Waals surface area contributed by atoms with Crippen molar-refractivity contribution in [3.05, 3.63) is 28.3 Å².